The van der Waals surface area contributed by atoms with Crippen LogP contribution in [-0.2, 0) is 0 Å². The molecule has 0 bridgehead atoms. The third-order valence-electron chi connectivity index (χ3n) is 4.11. The van der Waals surface area contributed by atoms with Crippen LogP contribution < -0.4 is 11.1 Å². The second-order valence-electron chi connectivity index (χ2n) is 8.03. The Morgan fingerprint density at radius 3 is 2.48 bits per heavy atom. The average Bonchev–Trinajstić information content (AvgIpc) is 2.35. The van der Waals surface area contributed by atoms with E-state index in [-0.39, 0.29) is 29.5 Å². The molecule has 21 heavy (non-hydrogen) atoms. The molecule has 5 heteroatoms. The fourth-order valence-corrected chi connectivity index (χ4v) is 2.77. The molecule has 0 aromatic rings. The first-order valence-electron chi connectivity index (χ1n) is 8.04. The van der Waals surface area contributed by atoms with Crippen molar-refractivity contribution in [3.05, 3.63) is 0 Å². The Hall–Kier alpha value is -0.810. The highest BCUT2D eigenvalue weighted by atomic mass is 16.3. The Balaban J connectivity index is 2.62. The third kappa shape index (κ3) is 6.66. The second kappa shape index (κ2) is 7.45. The smallest absolute Gasteiger partial charge is 0.314 e. The quantitative estimate of drug-likeness (QED) is 0.724. The zero-order valence-corrected chi connectivity index (χ0v) is 14.2. The first-order valence-corrected chi connectivity index (χ1v) is 8.04. The fourth-order valence-electron chi connectivity index (χ4n) is 2.77. The van der Waals surface area contributed by atoms with Crippen molar-refractivity contribution in [3.63, 3.8) is 0 Å². The Kier molecular flexibility index (Phi) is 6.47. The summed E-state index contributed by atoms with van der Waals surface area (Å²) in [7, 11) is 0. The molecule has 0 aromatic carbocycles. The first kappa shape index (κ1) is 18.2. The number of carbonyl (C=O) groups is 1. The van der Waals surface area contributed by atoms with Gasteiger partial charge in [0, 0.05) is 25.7 Å². The molecule has 5 nitrogen and oxygen atoms in total. The molecule has 0 aromatic heterocycles. The van der Waals surface area contributed by atoms with Crippen molar-refractivity contribution in [2.45, 2.75) is 59.6 Å². The third-order valence-corrected chi connectivity index (χ3v) is 4.11. The van der Waals surface area contributed by atoms with Crippen molar-refractivity contribution < 1.29 is 9.90 Å². The molecule has 1 aliphatic rings. The number of carbonyl (C=O) groups excluding carboxylic acids is 1. The van der Waals surface area contributed by atoms with Crippen molar-refractivity contribution in [2.75, 3.05) is 19.6 Å². The van der Waals surface area contributed by atoms with E-state index in [1.165, 1.54) is 0 Å². The van der Waals surface area contributed by atoms with E-state index in [4.69, 9.17) is 5.73 Å². The molecule has 1 rings (SSSR count). The minimum absolute atomic E-state index is 0.210. The number of urea groups is 1. The number of rotatable bonds is 5. The highest BCUT2D eigenvalue weighted by Gasteiger charge is 2.31. The van der Waals surface area contributed by atoms with Gasteiger partial charge in [0.25, 0.3) is 0 Å². The van der Waals surface area contributed by atoms with E-state index in [0.717, 1.165) is 19.4 Å². The van der Waals surface area contributed by atoms with Crippen molar-refractivity contribution in [1.82, 2.24) is 10.2 Å². The van der Waals surface area contributed by atoms with Crippen LogP contribution in [-0.4, -0.2) is 47.8 Å². The Bertz CT molecular complexity index is 339. The number of aliphatic hydroxyl groups excluding tert-OH is 1. The van der Waals surface area contributed by atoms with Gasteiger partial charge in [-0.2, -0.15) is 0 Å². The van der Waals surface area contributed by atoms with E-state index < -0.39 is 0 Å². The van der Waals surface area contributed by atoms with E-state index in [9.17, 15) is 9.90 Å². The molecule has 0 saturated carbocycles. The predicted molar refractivity (Wildman–Crippen MR) is 86.0 cm³/mol. The highest BCUT2D eigenvalue weighted by Crippen LogP contribution is 2.24. The molecule has 3 atom stereocenters. The van der Waals surface area contributed by atoms with E-state index >= 15 is 0 Å². The predicted octanol–water partition coefficient (Wildman–Crippen LogP) is 1.80. The van der Waals surface area contributed by atoms with Gasteiger partial charge in [-0.25, -0.2) is 4.79 Å². The van der Waals surface area contributed by atoms with Gasteiger partial charge in [-0.05, 0) is 30.1 Å². The van der Waals surface area contributed by atoms with Crippen molar-refractivity contribution in [1.29, 1.82) is 0 Å². The maximum atomic E-state index is 11.5. The summed E-state index contributed by atoms with van der Waals surface area (Å²) >= 11 is 0. The number of nitrogens with zero attached hydrogens (tertiary/aromatic N) is 1. The maximum absolute atomic E-state index is 11.5. The summed E-state index contributed by atoms with van der Waals surface area (Å²) in [5.74, 6) is 0.552. The molecule has 0 aliphatic carbocycles. The molecule has 2 amide bonds. The number of nitrogens with one attached hydrogen (secondary N) is 1. The number of hydrogen-bond donors (Lipinski definition) is 3. The number of hydrogen-bond acceptors (Lipinski definition) is 3. The van der Waals surface area contributed by atoms with Gasteiger partial charge in [0.1, 0.15) is 0 Å². The van der Waals surface area contributed by atoms with E-state index in [1.54, 1.807) is 4.90 Å². The molecular weight excluding hydrogens is 266 g/mol. The molecule has 124 valence electrons. The summed E-state index contributed by atoms with van der Waals surface area (Å²) in [6.45, 7) is 12.8. The fraction of sp³-hybridized carbons (Fsp3) is 0.938. The lowest BCUT2D eigenvalue weighted by molar-refractivity contribution is 0.0693. The van der Waals surface area contributed by atoms with Crippen molar-refractivity contribution >= 4 is 6.03 Å². The van der Waals surface area contributed by atoms with Gasteiger partial charge < -0.3 is 21.1 Å². The summed E-state index contributed by atoms with van der Waals surface area (Å²) in [6, 6.07) is -0.101. The normalized spacial score (nSPS) is 25.2. The van der Waals surface area contributed by atoms with Crippen LogP contribution in [0.3, 0.4) is 0 Å². The average molecular weight is 299 g/mol. The van der Waals surface area contributed by atoms with Crippen LogP contribution in [0.4, 0.5) is 4.79 Å². The van der Waals surface area contributed by atoms with Crippen LogP contribution in [0, 0.1) is 17.3 Å². The van der Waals surface area contributed by atoms with Crippen LogP contribution in [0.15, 0.2) is 0 Å². The van der Waals surface area contributed by atoms with Gasteiger partial charge in [0.2, 0.25) is 0 Å². The number of piperidine rings is 1. The summed E-state index contributed by atoms with van der Waals surface area (Å²) < 4.78 is 0. The van der Waals surface area contributed by atoms with Gasteiger partial charge in [0.15, 0.2) is 0 Å². The van der Waals surface area contributed by atoms with E-state index in [1.807, 2.05) is 13.8 Å². The number of primary amides is 1. The molecule has 3 unspecified atom stereocenters. The lowest BCUT2D eigenvalue weighted by Gasteiger charge is -2.39. The van der Waals surface area contributed by atoms with Gasteiger partial charge in [0.05, 0.1) is 6.10 Å². The lowest BCUT2D eigenvalue weighted by atomic mass is 9.86. The zero-order valence-electron chi connectivity index (χ0n) is 14.2. The minimum atomic E-state index is -0.360. The lowest BCUT2D eigenvalue weighted by Crippen LogP contribution is -2.54. The number of amides is 2. The highest BCUT2D eigenvalue weighted by molar-refractivity contribution is 5.72. The SMILES string of the molecule is CC(C)C(O)CC1CC(NCC(C)(C)C)CN(C(N)=O)C1. The number of aliphatic hydroxyl groups is 1. The largest absolute Gasteiger partial charge is 0.393 e. The summed E-state index contributed by atoms with van der Waals surface area (Å²) in [5, 5.41) is 13.6. The minimum Gasteiger partial charge on any atom is -0.393 e. The van der Waals surface area contributed by atoms with Gasteiger partial charge in [-0.1, -0.05) is 34.6 Å². The van der Waals surface area contributed by atoms with Crippen LogP contribution in [0.2, 0.25) is 0 Å². The van der Waals surface area contributed by atoms with Gasteiger partial charge >= 0.3 is 6.03 Å². The number of nitrogens with two attached hydrogens (primary N) is 1. The van der Waals surface area contributed by atoms with Crippen molar-refractivity contribution in [3.8, 4) is 0 Å². The summed E-state index contributed by atoms with van der Waals surface area (Å²) in [4.78, 5) is 13.2. The maximum Gasteiger partial charge on any atom is 0.314 e. The van der Waals surface area contributed by atoms with Crippen LogP contribution in [0.5, 0.6) is 0 Å². The van der Waals surface area contributed by atoms with Crippen LogP contribution in [0.25, 0.3) is 0 Å². The topological polar surface area (TPSA) is 78.6 Å². The van der Waals surface area contributed by atoms with Crippen molar-refractivity contribution in [2.24, 2.45) is 23.0 Å². The molecule has 4 N–H and O–H groups in total. The van der Waals surface area contributed by atoms with E-state index in [2.05, 4.69) is 26.1 Å². The standard InChI is InChI=1S/C16H33N3O2/c1-11(2)14(20)7-12-6-13(18-10-16(3,4)5)9-19(8-12)15(17)21/h11-14,18,20H,6-10H2,1-5H3,(H2,17,21). The zero-order chi connectivity index (χ0) is 16.2. The Labute approximate surface area is 129 Å². The molecule has 0 radical (unpaired) electrons. The first-order chi connectivity index (χ1) is 9.58. The Morgan fingerprint density at radius 1 is 1.38 bits per heavy atom. The second-order valence-corrected chi connectivity index (χ2v) is 8.03. The van der Waals surface area contributed by atoms with E-state index in [0.29, 0.717) is 19.0 Å². The van der Waals surface area contributed by atoms with Gasteiger partial charge in [-0.15, -0.1) is 0 Å². The molecule has 1 heterocycles. The summed E-state index contributed by atoms with van der Waals surface area (Å²) in [6.07, 6.45) is 1.41. The van der Waals surface area contributed by atoms with Crippen LogP contribution >= 0.6 is 0 Å². The molecule has 1 aliphatic heterocycles. The Morgan fingerprint density at radius 2 is 2.00 bits per heavy atom. The molecule has 1 fully saturated rings. The number of likely N-dealkylation sites (tertiary alicyclic amines) is 1. The monoisotopic (exact) mass is 299 g/mol. The molecule has 0 spiro atoms. The summed E-state index contributed by atoms with van der Waals surface area (Å²) in [5.41, 5.74) is 5.67. The molecular formula is C16H33N3O2. The van der Waals surface area contributed by atoms with Crippen LogP contribution in [0.1, 0.15) is 47.5 Å². The van der Waals surface area contributed by atoms with Gasteiger partial charge in [-0.3, -0.25) is 0 Å². The molecule has 1 saturated heterocycles.